The molecule has 0 saturated carbocycles. The molecule has 1 unspecified atom stereocenters. The smallest absolute Gasteiger partial charge is 0.126 e. The first-order valence-corrected chi connectivity index (χ1v) is 11.0. The van der Waals surface area contributed by atoms with E-state index in [9.17, 15) is 13.9 Å². The summed E-state index contributed by atoms with van der Waals surface area (Å²) in [5, 5.41) is 11.6. The maximum absolute atomic E-state index is 13.8. The van der Waals surface area contributed by atoms with E-state index in [1.54, 1.807) is 0 Å². The van der Waals surface area contributed by atoms with Crippen molar-refractivity contribution in [3.63, 3.8) is 0 Å². The van der Waals surface area contributed by atoms with Gasteiger partial charge >= 0.3 is 0 Å². The Hall–Kier alpha value is -2.40. The number of hydrogen-bond donors (Lipinski definition) is 1. The van der Waals surface area contributed by atoms with Crippen molar-refractivity contribution in [3.8, 4) is 0 Å². The van der Waals surface area contributed by atoms with Crippen LogP contribution in [0.15, 0.2) is 79.1 Å². The van der Waals surface area contributed by atoms with Crippen molar-refractivity contribution in [2.24, 2.45) is 5.92 Å². The minimum Gasteiger partial charge on any atom is -0.512 e. The lowest BCUT2D eigenvalue weighted by Gasteiger charge is -2.53. The molecule has 0 aromatic heterocycles. The quantitative estimate of drug-likeness (QED) is 0.379. The number of aliphatic hydroxyl groups excluding tert-OH is 1. The topological polar surface area (TPSA) is 23.5 Å². The fourth-order valence-corrected chi connectivity index (χ4v) is 4.91. The van der Waals surface area contributed by atoms with Crippen LogP contribution < -0.4 is 0 Å². The first-order chi connectivity index (χ1) is 15.2. The van der Waals surface area contributed by atoms with Gasteiger partial charge in [-0.25, -0.2) is 8.78 Å². The molecule has 6 heteroatoms. The van der Waals surface area contributed by atoms with Crippen LogP contribution in [-0.2, 0) is 5.54 Å². The molecule has 1 fully saturated rings. The van der Waals surface area contributed by atoms with Crippen LogP contribution in [0, 0.1) is 17.6 Å². The molecule has 1 N–H and O–H groups in total. The molecule has 1 aliphatic rings. The Morgan fingerprint density at radius 2 is 1.38 bits per heavy atom. The lowest BCUT2D eigenvalue weighted by molar-refractivity contribution is 0.000822. The van der Waals surface area contributed by atoms with Crippen LogP contribution >= 0.6 is 23.2 Å². The fourth-order valence-electron chi connectivity index (χ4n) is 4.66. The number of aliphatic hydroxyl groups is 1. The van der Waals surface area contributed by atoms with Gasteiger partial charge in [-0.15, -0.1) is 0 Å². The molecule has 1 atom stereocenters. The number of likely N-dealkylation sites (tertiary alicyclic amines) is 1. The molecule has 1 saturated heterocycles. The predicted molar refractivity (Wildman–Crippen MR) is 125 cm³/mol. The summed E-state index contributed by atoms with van der Waals surface area (Å²) in [5.41, 5.74) is 2.01. The third-order valence-corrected chi connectivity index (χ3v) is 6.93. The van der Waals surface area contributed by atoms with Crippen LogP contribution in [0.1, 0.15) is 29.5 Å². The van der Waals surface area contributed by atoms with Gasteiger partial charge in [-0.1, -0.05) is 54.0 Å². The van der Waals surface area contributed by atoms with Gasteiger partial charge in [-0.3, -0.25) is 4.90 Å². The molecular formula is C26H23Cl2F2NO. The van der Waals surface area contributed by atoms with Gasteiger partial charge in [0.05, 0.1) is 11.3 Å². The average Bonchev–Trinajstić information content (AvgIpc) is 2.69. The lowest BCUT2D eigenvalue weighted by Crippen LogP contribution is -2.58. The number of halogens is 4. The van der Waals surface area contributed by atoms with E-state index in [1.807, 2.05) is 48.5 Å². The highest BCUT2D eigenvalue weighted by Gasteiger charge is 2.46. The maximum atomic E-state index is 13.8. The van der Waals surface area contributed by atoms with Gasteiger partial charge in [0.15, 0.2) is 0 Å². The Kier molecular flexibility index (Phi) is 6.30. The summed E-state index contributed by atoms with van der Waals surface area (Å²) >= 11 is 12.2. The summed E-state index contributed by atoms with van der Waals surface area (Å²) < 4.78 is 27.7. The van der Waals surface area contributed by atoms with Gasteiger partial charge in [0.25, 0.3) is 0 Å². The van der Waals surface area contributed by atoms with Gasteiger partial charge < -0.3 is 5.11 Å². The summed E-state index contributed by atoms with van der Waals surface area (Å²) in [6.07, 6.45) is 0. The highest BCUT2D eigenvalue weighted by Crippen LogP contribution is 2.45. The Morgan fingerprint density at radius 1 is 0.938 bits per heavy atom. The largest absolute Gasteiger partial charge is 0.512 e. The van der Waals surface area contributed by atoms with Crippen LogP contribution in [0.5, 0.6) is 0 Å². The molecular weight excluding hydrogens is 451 g/mol. The van der Waals surface area contributed by atoms with Crippen molar-refractivity contribution in [2.45, 2.75) is 18.4 Å². The maximum Gasteiger partial charge on any atom is 0.126 e. The molecule has 4 rings (SSSR count). The first kappa shape index (κ1) is 22.8. The number of benzene rings is 3. The van der Waals surface area contributed by atoms with Crippen LogP contribution in [0.25, 0.3) is 0 Å². The normalized spacial score (nSPS) is 15.9. The number of nitrogens with zero attached hydrogens (tertiary/aromatic N) is 1. The molecule has 1 aliphatic heterocycles. The van der Waals surface area contributed by atoms with E-state index in [-0.39, 0.29) is 11.7 Å². The highest BCUT2D eigenvalue weighted by atomic mass is 35.5. The first-order valence-electron chi connectivity index (χ1n) is 10.3. The fraction of sp³-hybridized carbons (Fsp3) is 0.231. The molecule has 0 amide bonds. The third-order valence-electron chi connectivity index (χ3n) is 6.43. The molecule has 0 spiro atoms. The zero-order valence-corrected chi connectivity index (χ0v) is 19.0. The van der Waals surface area contributed by atoms with E-state index >= 15 is 0 Å². The zero-order valence-electron chi connectivity index (χ0n) is 17.5. The van der Waals surface area contributed by atoms with Crippen LogP contribution in [-0.4, -0.2) is 23.1 Å². The molecule has 3 aromatic carbocycles. The third kappa shape index (κ3) is 4.27. The summed E-state index contributed by atoms with van der Waals surface area (Å²) in [5.74, 6) is -2.05. The summed E-state index contributed by atoms with van der Waals surface area (Å²) in [4.78, 5) is 2.27. The molecule has 0 bridgehead atoms. The van der Waals surface area contributed by atoms with Crippen LogP contribution in [0.3, 0.4) is 0 Å². The Bertz CT molecular complexity index is 1060. The zero-order chi connectivity index (χ0) is 23.0. The molecule has 0 radical (unpaired) electrons. The van der Waals surface area contributed by atoms with Crippen LogP contribution in [0.2, 0.25) is 10.0 Å². The Balaban J connectivity index is 1.67. The van der Waals surface area contributed by atoms with Gasteiger partial charge in [0, 0.05) is 35.1 Å². The standard InChI is InChI=1S/C26H23Cl2F2NO/c1-16(32)25(17-11-23(29)13-24(30)12-17)18-14-31(15-18)26(2,19-3-7-21(27)8-4-19)20-5-9-22(28)10-6-20/h3-13,18,25,32H,1,14-15H2,2H3. The number of allylic oxidation sites excluding steroid dienone is 1. The Labute approximate surface area is 196 Å². The summed E-state index contributed by atoms with van der Waals surface area (Å²) in [7, 11) is 0. The van der Waals surface area contributed by atoms with E-state index in [1.165, 1.54) is 12.1 Å². The summed E-state index contributed by atoms with van der Waals surface area (Å²) in [6.45, 7) is 7.01. The second kappa shape index (κ2) is 8.86. The van der Waals surface area contributed by atoms with E-state index in [0.717, 1.165) is 17.2 Å². The minimum absolute atomic E-state index is 0.0485. The van der Waals surface area contributed by atoms with Crippen molar-refractivity contribution in [1.82, 2.24) is 4.90 Å². The number of rotatable bonds is 6. The molecule has 166 valence electrons. The van der Waals surface area contributed by atoms with Gasteiger partial charge in [0.1, 0.15) is 11.6 Å². The van der Waals surface area contributed by atoms with Crippen molar-refractivity contribution in [1.29, 1.82) is 0 Å². The van der Waals surface area contributed by atoms with Crippen LogP contribution in [0.4, 0.5) is 8.78 Å². The van der Waals surface area contributed by atoms with E-state index in [4.69, 9.17) is 23.2 Å². The summed E-state index contributed by atoms with van der Waals surface area (Å²) in [6, 6.07) is 18.8. The van der Waals surface area contributed by atoms with Crippen molar-refractivity contribution in [3.05, 3.63) is 117 Å². The molecule has 2 nitrogen and oxygen atoms in total. The van der Waals surface area contributed by atoms with E-state index < -0.39 is 23.1 Å². The SMILES string of the molecule is C=C(O)C(c1cc(F)cc(F)c1)C1CN(C(C)(c2ccc(Cl)cc2)c2ccc(Cl)cc2)C1. The van der Waals surface area contributed by atoms with E-state index in [2.05, 4.69) is 18.4 Å². The van der Waals surface area contributed by atoms with Crippen molar-refractivity contribution < 1.29 is 13.9 Å². The second-order valence-electron chi connectivity index (χ2n) is 8.42. The number of hydrogen-bond acceptors (Lipinski definition) is 2. The monoisotopic (exact) mass is 473 g/mol. The van der Waals surface area contributed by atoms with Gasteiger partial charge in [-0.2, -0.15) is 0 Å². The molecule has 3 aromatic rings. The lowest BCUT2D eigenvalue weighted by atomic mass is 9.74. The second-order valence-corrected chi connectivity index (χ2v) is 9.30. The highest BCUT2D eigenvalue weighted by molar-refractivity contribution is 6.30. The molecule has 0 aliphatic carbocycles. The van der Waals surface area contributed by atoms with E-state index in [0.29, 0.717) is 28.7 Å². The Morgan fingerprint density at radius 3 is 1.78 bits per heavy atom. The van der Waals surface area contributed by atoms with Gasteiger partial charge in [0.2, 0.25) is 0 Å². The van der Waals surface area contributed by atoms with Crippen molar-refractivity contribution in [2.75, 3.05) is 13.1 Å². The minimum atomic E-state index is -0.672. The van der Waals surface area contributed by atoms with Gasteiger partial charge in [-0.05, 0) is 65.9 Å². The van der Waals surface area contributed by atoms with Crippen molar-refractivity contribution >= 4 is 23.2 Å². The molecule has 1 heterocycles. The molecule has 32 heavy (non-hydrogen) atoms. The predicted octanol–water partition coefficient (Wildman–Crippen LogP) is 7.32. The average molecular weight is 474 g/mol.